The van der Waals surface area contributed by atoms with E-state index in [1.165, 1.54) is 5.56 Å². The van der Waals surface area contributed by atoms with Gasteiger partial charge < -0.3 is 15.0 Å². The summed E-state index contributed by atoms with van der Waals surface area (Å²) in [5.41, 5.74) is 4.24. The van der Waals surface area contributed by atoms with Crippen molar-refractivity contribution in [3.63, 3.8) is 0 Å². The molecule has 166 valence electrons. The number of aryl methyl sites for hydroxylation is 2. The Labute approximate surface area is 193 Å². The van der Waals surface area contributed by atoms with Crippen molar-refractivity contribution in [2.75, 3.05) is 39.1 Å². The summed E-state index contributed by atoms with van der Waals surface area (Å²) in [6.45, 7) is 4.94. The van der Waals surface area contributed by atoms with Crippen LogP contribution in [0.2, 0.25) is 0 Å². The maximum Gasteiger partial charge on any atom is 0.158 e. The molecule has 5 rings (SSSR count). The van der Waals surface area contributed by atoms with Gasteiger partial charge in [-0.05, 0) is 50.6 Å². The maximum atomic E-state index is 5.56. The van der Waals surface area contributed by atoms with Crippen molar-refractivity contribution in [2.45, 2.75) is 25.8 Å². The minimum absolute atomic E-state index is 0.436. The summed E-state index contributed by atoms with van der Waals surface area (Å²) in [7, 11) is 3.98. The minimum Gasteiger partial charge on any atom is -0.496 e. The van der Waals surface area contributed by atoms with Crippen molar-refractivity contribution < 1.29 is 4.74 Å². The number of hydrogen-bond donors (Lipinski definition) is 1. The highest BCUT2D eigenvalue weighted by Crippen LogP contribution is 2.37. The van der Waals surface area contributed by atoms with Crippen LogP contribution in [0.1, 0.15) is 22.7 Å². The molecule has 7 heteroatoms. The number of rotatable bonds is 4. The van der Waals surface area contributed by atoms with Crippen molar-refractivity contribution in [1.29, 1.82) is 0 Å². The lowest BCUT2D eigenvalue weighted by Gasteiger charge is -2.40. The molecular formula is C25H29N5OS. The lowest BCUT2D eigenvalue weighted by Crippen LogP contribution is -2.53. The summed E-state index contributed by atoms with van der Waals surface area (Å²) < 4.78 is 5.56. The van der Waals surface area contributed by atoms with E-state index in [0.717, 1.165) is 71.1 Å². The molecule has 1 saturated heterocycles. The molecule has 0 spiro atoms. The van der Waals surface area contributed by atoms with Gasteiger partial charge in [-0.2, -0.15) is 0 Å². The molecule has 3 heterocycles. The number of fused-ring (bicyclic) bond motifs is 2. The largest absolute Gasteiger partial charge is 0.496 e. The molecule has 2 aliphatic rings. The molecule has 1 aromatic heterocycles. The van der Waals surface area contributed by atoms with Gasteiger partial charge in [0.1, 0.15) is 16.4 Å². The summed E-state index contributed by atoms with van der Waals surface area (Å²) in [6.07, 6.45) is 2.06. The zero-order chi connectivity index (χ0) is 22.1. The van der Waals surface area contributed by atoms with E-state index >= 15 is 0 Å². The maximum absolute atomic E-state index is 5.56. The molecule has 0 bridgehead atoms. The molecule has 2 aliphatic heterocycles. The molecule has 0 unspecified atom stereocenters. The lowest BCUT2D eigenvalue weighted by atomic mass is 10.0. The first-order valence-electron chi connectivity index (χ1n) is 11.1. The highest BCUT2D eigenvalue weighted by atomic mass is 32.1. The number of nitrogens with one attached hydrogen (secondary N) is 1. The van der Waals surface area contributed by atoms with E-state index in [-0.39, 0.29) is 0 Å². The van der Waals surface area contributed by atoms with Crippen LogP contribution in [-0.2, 0) is 6.42 Å². The van der Waals surface area contributed by atoms with Gasteiger partial charge in [-0.1, -0.05) is 30.3 Å². The zero-order valence-corrected chi connectivity index (χ0v) is 19.7. The second-order valence-electron chi connectivity index (χ2n) is 8.42. The Hall–Kier alpha value is -2.90. The van der Waals surface area contributed by atoms with Crippen LogP contribution >= 0.6 is 11.3 Å². The first kappa shape index (κ1) is 21.0. The van der Waals surface area contributed by atoms with E-state index < -0.39 is 0 Å². The number of likely N-dealkylation sites (N-methyl/N-ethyl adjacent to an activating group) is 1. The van der Waals surface area contributed by atoms with E-state index in [0.29, 0.717) is 6.04 Å². The first-order valence-corrected chi connectivity index (χ1v) is 11.9. The van der Waals surface area contributed by atoms with Gasteiger partial charge in [0, 0.05) is 25.7 Å². The molecule has 32 heavy (non-hydrogen) atoms. The number of benzene rings is 2. The number of methoxy groups -OCH3 is 1. The fraction of sp³-hybridized carbons (Fsp3) is 0.360. The van der Waals surface area contributed by atoms with Crippen LogP contribution in [0, 0.1) is 6.92 Å². The van der Waals surface area contributed by atoms with Crippen molar-refractivity contribution >= 4 is 33.5 Å². The fourth-order valence-electron chi connectivity index (χ4n) is 4.53. The molecule has 3 aromatic rings. The van der Waals surface area contributed by atoms with Gasteiger partial charge in [-0.25, -0.2) is 9.98 Å². The Morgan fingerprint density at radius 3 is 2.81 bits per heavy atom. The molecule has 0 radical (unpaired) electrons. The van der Waals surface area contributed by atoms with Gasteiger partial charge in [0.05, 0.1) is 23.5 Å². The molecule has 1 fully saturated rings. The zero-order valence-electron chi connectivity index (χ0n) is 18.8. The van der Waals surface area contributed by atoms with Crippen molar-refractivity contribution in [3.05, 3.63) is 64.8 Å². The summed E-state index contributed by atoms with van der Waals surface area (Å²) in [5.74, 6) is 1.96. The molecular weight excluding hydrogens is 418 g/mol. The normalized spacial score (nSPS) is 18.3. The van der Waals surface area contributed by atoms with E-state index in [2.05, 4.69) is 53.4 Å². The second kappa shape index (κ2) is 8.92. The third kappa shape index (κ3) is 4.10. The standard InChI is InChI=1S/C25H29N5OS/c1-17-26-23-24(27-20-9-5-6-10-21(20)28-25(23)32-17)30-15-14-29(2)19(16-30)13-12-18-8-4-7-11-22(18)31-3/h4-11,19,28H,12-16H2,1-3H3/t19-/m0/s1. The van der Waals surface area contributed by atoms with Gasteiger partial charge in [0.25, 0.3) is 0 Å². The van der Waals surface area contributed by atoms with Crippen molar-refractivity contribution in [2.24, 2.45) is 4.99 Å². The van der Waals surface area contributed by atoms with E-state index in [9.17, 15) is 0 Å². The number of hydrogen-bond acceptors (Lipinski definition) is 7. The molecule has 0 aliphatic carbocycles. The summed E-state index contributed by atoms with van der Waals surface area (Å²) >= 11 is 1.69. The number of para-hydroxylation sites is 3. The average molecular weight is 448 g/mol. The van der Waals surface area contributed by atoms with Crippen LogP contribution in [0.5, 0.6) is 5.75 Å². The van der Waals surface area contributed by atoms with Crippen molar-refractivity contribution in [1.82, 2.24) is 14.8 Å². The predicted molar refractivity (Wildman–Crippen MR) is 132 cm³/mol. The topological polar surface area (TPSA) is 53.0 Å². The number of aliphatic imine (C=N–C) groups is 1. The van der Waals surface area contributed by atoms with Crippen LogP contribution in [0.4, 0.5) is 16.4 Å². The Balaban J connectivity index is 1.41. The molecule has 1 atom stereocenters. The molecule has 2 aromatic carbocycles. The van der Waals surface area contributed by atoms with E-state index in [4.69, 9.17) is 14.7 Å². The van der Waals surface area contributed by atoms with Gasteiger partial charge in [-0.15, -0.1) is 11.3 Å². The predicted octanol–water partition coefficient (Wildman–Crippen LogP) is 4.84. The number of anilines is 2. The fourth-order valence-corrected chi connectivity index (χ4v) is 5.36. The number of thiazole rings is 1. The summed E-state index contributed by atoms with van der Waals surface area (Å²) in [5, 5.41) is 5.69. The molecule has 0 amide bonds. The summed E-state index contributed by atoms with van der Waals surface area (Å²) in [6, 6.07) is 17.0. The first-order chi connectivity index (χ1) is 15.6. The Kier molecular flexibility index (Phi) is 5.85. The minimum atomic E-state index is 0.436. The van der Waals surface area contributed by atoms with Gasteiger partial charge in [-0.3, -0.25) is 4.90 Å². The van der Waals surface area contributed by atoms with Crippen LogP contribution in [0.3, 0.4) is 0 Å². The quantitative estimate of drug-likeness (QED) is 0.620. The SMILES string of the molecule is COc1ccccc1CC[C@H]1CN(C2=Nc3ccccc3Nc3sc(C)nc32)CCN1C. The highest BCUT2D eigenvalue weighted by Gasteiger charge is 2.31. The Morgan fingerprint density at radius 2 is 1.94 bits per heavy atom. The average Bonchev–Trinajstić information content (AvgIpc) is 3.10. The van der Waals surface area contributed by atoms with Gasteiger partial charge >= 0.3 is 0 Å². The van der Waals surface area contributed by atoms with Crippen LogP contribution in [0.15, 0.2) is 53.5 Å². The Morgan fingerprint density at radius 1 is 1.12 bits per heavy atom. The summed E-state index contributed by atoms with van der Waals surface area (Å²) in [4.78, 5) is 14.9. The Bertz CT molecular complexity index is 1140. The van der Waals surface area contributed by atoms with Gasteiger partial charge in [0.15, 0.2) is 5.84 Å². The number of amidine groups is 1. The van der Waals surface area contributed by atoms with Crippen molar-refractivity contribution in [3.8, 4) is 5.75 Å². The third-order valence-electron chi connectivity index (χ3n) is 6.34. The number of nitrogens with zero attached hydrogens (tertiary/aromatic N) is 4. The molecule has 1 N–H and O–H groups in total. The number of piperazine rings is 1. The third-order valence-corrected chi connectivity index (χ3v) is 7.23. The second-order valence-corrected chi connectivity index (χ2v) is 9.62. The van der Waals surface area contributed by atoms with E-state index in [1.807, 2.05) is 24.3 Å². The molecule has 0 saturated carbocycles. The van der Waals surface area contributed by atoms with Gasteiger partial charge in [0.2, 0.25) is 0 Å². The van der Waals surface area contributed by atoms with Crippen LogP contribution in [-0.4, -0.2) is 60.5 Å². The van der Waals surface area contributed by atoms with E-state index in [1.54, 1.807) is 18.4 Å². The van der Waals surface area contributed by atoms with Crippen LogP contribution in [0.25, 0.3) is 0 Å². The number of ether oxygens (including phenoxy) is 1. The number of aromatic nitrogens is 1. The molecule has 6 nitrogen and oxygen atoms in total. The monoisotopic (exact) mass is 447 g/mol. The highest BCUT2D eigenvalue weighted by molar-refractivity contribution is 7.16. The smallest absolute Gasteiger partial charge is 0.158 e. The van der Waals surface area contributed by atoms with Crippen LogP contribution < -0.4 is 10.1 Å². The lowest BCUT2D eigenvalue weighted by molar-refractivity contribution is 0.134.